The number of thiophene rings is 1. The standard InChI is InChI=1S/C26H30N2O2S/c1-4-22-18(2)31-26-23(22)14-15-28(25(26)20-8-6-5-7-9-20)17-24(29)27-16-19-10-12-21(30-3)13-11-19/h5-13,25H,4,14-17H2,1-3H3,(H,27,29)/t25-/m1/s1. The van der Waals surface area contributed by atoms with Gasteiger partial charge >= 0.3 is 0 Å². The molecule has 4 rings (SSSR count). The second-order valence-electron chi connectivity index (χ2n) is 7.99. The van der Waals surface area contributed by atoms with E-state index in [0.29, 0.717) is 13.1 Å². The van der Waals surface area contributed by atoms with Crippen LogP contribution >= 0.6 is 11.3 Å². The number of hydrogen-bond donors (Lipinski definition) is 1. The van der Waals surface area contributed by atoms with Crippen molar-refractivity contribution < 1.29 is 9.53 Å². The molecule has 0 bridgehead atoms. The number of aryl methyl sites for hydroxylation is 1. The molecule has 1 N–H and O–H groups in total. The SMILES string of the molecule is CCc1c(C)sc2c1CCN(CC(=O)NCc1ccc(OC)cc1)[C@@H]2c1ccccc1. The lowest BCUT2D eigenvalue weighted by atomic mass is 9.91. The Morgan fingerprint density at radius 2 is 1.90 bits per heavy atom. The molecule has 1 aliphatic rings. The summed E-state index contributed by atoms with van der Waals surface area (Å²) < 4.78 is 5.20. The summed E-state index contributed by atoms with van der Waals surface area (Å²) in [6.45, 7) is 6.29. The molecular formula is C26H30N2O2S. The van der Waals surface area contributed by atoms with E-state index in [1.807, 2.05) is 35.6 Å². The van der Waals surface area contributed by atoms with Gasteiger partial charge in [-0.1, -0.05) is 49.4 Å². The molecular weight excluding hydrogens is 404 g/mol. The Hall–Kier alpha value is -2.63. The zero-order chi connectivity index (χ0) is 21.8. The monoisotopic (exact) mass is 434 g/mol. The molecule has 0 spiro atoms. The Morgan fingerprint density at radius 1 is 1.16 bits per heavy atom. The highest BCUT2D eigenvalue weighted by Crippen LogP contribution is 2.42. The fourth-order valence-electron chi connectivity index (χ4n) is 4.51. The first-order valence-corrected chi connectivity index (χ1v) is 11.7. The Labute approximate surface area is 188 Å². The summed E-state index contributed by atoms with van der Waals surface area (Å²) in [5, 5.41) is 3.09. The fraction of sp³-hybridized carbons (Fsp3) is 0.346. The molecule has 162 valence electrons. The number of fused-ring (bicyclic) bond motifs is 1. The zero-order valence-corrected chi connectivity index (χ0v) is 19.3. The van der Waals surface area contributed by atoms with E-state index in [1.165, 1.54) is 26.4 Å². The van der Waals surface area contributed by atoms with Gasteiger partial charge in [0.25, 0.3) is 0 Å². The molecule has 1 atom stereocenters. The molecule has 0 unspecified atom stereocenters. The third-order valence-corrected chi connectivity index (χ3v) is 7.32. The van der Waals surface area contributed by atoms with E-state index >= 15 is 0 Å². The quantitative estimate of drug-likeness (QED) is 0.576. The van der Waals surface area contributed by atoms with Crippen LogP contribution in [0.4, 0.5) is 0 Å². The van der Waals surface area contributed by atoms with E-state index < -0.39 is 0 Å². The van der Waals surface area contributed by atoms with Gasteiger partial charge in [-0.15, -0.1) is 11.3 Å². The van der Waals surface area contributed by atoms with Gasteiger partial charge in [0.2, 0.25) is 5.91 Å². The highest BCUT2D eigenvalue weighted by atomic mass is 32.1. The van der Waals surface area contributed by atoms with Crippen LogP contribution in [-0.4, -0.2) is 31.0 Å². The van der Waals surface area contributed by atoms with Crippen molar-refractivity contribution in [2.45, 2.75) is 39.3 Å². The largest absolute Gasteiger partial charge is 0.497 e. The van der Waals surface area contributed by atoms with Crippen molar-refractivity contribution in [3.8, 4) is 5.75 Å². The van der Waals surface area contributed by atoms with E-state index in [9.17, 15) is 4.79 Å². The number of methoxy groups -OCH3 is 1. The third kappa shape index (κ3) is 4.68. The van der Waals surface area contributed by atoms with Gasteiger partial charge in [0.05, 0.1) is 19.7 Å². The van der Waals surface area contributed by atoms with Gasteiger partial charge in [0.15, 0.2) is 0 Å². The summed E-state index contributed by atoms with van der Waals surface area (Å²) in [6.07, 6.45) is 2.08. The molecule has 31 heavy (non-hydrogen) atoms. The summed E-state index contributed by atoms with van der Waals surface area (Å²) >= 11 is 1.90. The molecule has 0 fully saturated rings. The minimum Gasteiger partial charge on any atom is -0.497 e. The number of nitrogens with one attached hydrogen (secondary N) is 1. The van der Waals surface area contributed by atoms with Gasteiger partial charge in [-0.3, -0.25) is 9.69 Å². The molecule has 1 amide bonds. The first kappa shape index (κ1) is 21.6. The van der Waals surface area contributed by atoms with Gasteiger partial charge in [-0.05, 0) is 54.2 Å². The van der Waals surface area contributed by atoms with E-state index in [1.54, 1.807) is 7.11 Å². The molecule has 2 aromatic carbocycles. The smallest absolute Gasteiger partial charge is 0.234 e. The van der Waals surface area contributed by atoms with Crippen LogP contribution in [0.25, 0.3) is 0 Å². The molecule has 2 heterocycles. The van der Waals surface area contributed by atoms with Gasteiger partial charge in [0, 0.05) is 22.8 Å². The van der Waals surface area contributed by atoms with Crippen molar-refractivity contribution in [2.24, 2.45) is 0 Å². The maximum Gasteiger partial charge on any atom is 0.234 e. The second kappa shape index (κ2) is 9.67. The molecule has 4 nitrogen and oxygen atoms in total. The van der Waals surface area contributed by atoms with E-state index in [0.717, 1.165) is 30.7 Å². The Bertz CT molecular complexity index is 1030. The van der Waals surface area contributed by atoms with Gasteiger partial charge in [-0.25, -0.2) is 0 Å². The van der Waals surface area contributed by atoms with Crippen molar-refractivity contribution in [1.29, 1.82) is 0 Å². The van der Waals surface area contributed by atoms with Gasteiger partial charge < -0.3 is 10.1 Å². The van der Waals surface area contributed by atoms with Crippen molar-refractivity contribution in [2.75, 3.05) is 20.2 Å². The molecule has 5 heteroatoms. The van der Waals surface area contributed by atoms with Gasteiger partial charge in [0.1, 0.15) is 5.75 Å². The normalized spacial score (nSPS) is 16.0. The molecule has 0 saturated carbocycles. The number of rotatable bonds is 7. The number of hydrogen-bond acceptors (Lipinski definition) is 4. The highest BCUT2D eigenvalue weighted by Gasteiger charge is 2.33. The molecule has 0 aliphatic carbocycles. The van der Waals surface area contributed by atoms with Gasteiger partial charge in [-0.2, -0.15) is 0 Å². The Kier molecular flexibility index (Phi) is 6.73. The lowest BCUT2D eigenvalue weighted by Gasteiger charge is -2.36. The van der Waals surface area contributed by atoms with E-state index in [4.69, 9.17) is 4.74 Å². The van der Waals surface area contributed by atoms with Crippen LogP contribution < -0.4 is 10.1 Å². The number of carbonyl (C=O) groups excluding carboxylic acids is 1. The summed E-state index contributed by atoms with van der Waals surface area (Å²) in [4.78, 5) is 18.0. The maximum absolute atomic E-state index is 12.9. The lowest BCUT2D eigenvalue weighted by Crippen LogP contribution is -2.42. The zero-order valence-electron chi connectivity index (χ0n) is 18.5. The summed E-state index contributed by atoms with van der Waals surface area (Å²) in [5.74, 6) is 0.881. The predicted octanol–water partition coefficient (Wildman–Crippen LogP) is 4.89. The van der Waals surface area contributed by atoms with Crippen molar-refractivity contribution >= 4 is 17.2 Å². The minimum atomic E-state index is 0.0594. The maximum atomic E-state index is 12.9. The molecule has 0 radical (unpaired) electrons. The molecule has 0 saturated heterocycles. The van der Waals surface area contributed by atoms with Crippen molar-refractivity contribution in [3.63, 3.8) is 0 Å². The van der Waals surface area contributed by atoms with Crippen LogP contribution in [0, 0.1) is 6.92 Å². The van der Waals surface area contributed by atoms with E-state index in [-0.39, 0.29) is 11.9 Å². The van der Waals surface area contributed by atoms with Crippen molar-refractivity contribution in [1.82, 2.24) is 10.2 Å². The second-order valence-corrected chi connectivity index (χ2v) is 9.25. The molecule has 3 aromatic rings. The number of nitrogens with zero attached hydrogens (tertiary/aromatic N) is 1. The lowest BCUT2D eigenvalue weighted by molar-refractivity contribution is -0.122. The Balaban J connectivity index is 1.51. The third-order valence-electron chi connectivity index (χ3n) is 6.08. The average molecular weight is 435 g/mol. The fourth-order valence-corrected chi connectivity index (χ4v) is 5.98. The number of amides is 1. The Morgan fingerprint density at radius 3 is 2.58 bits per heavy atom. The molecule has 1 aliphatic heterocycles. The van der Waals surface area contributed by atoms with Crippen LogP contribution in [0.3, 0.4) is 0 Å². The topological polar surface area (TPSA) is 41.6 Å². The van der Waals surface area contributed by atoms with Crippen LogP contribution in [0.2, 0.25) is 0 Å². The number of ether oxygens (including phenoxy) is 1. The highest BCUT2D eigenvalue weighted by molar-refractivity contribution is 7.12. The van der Waals surface area contributed by atoms with Crippen LogP contribution in [0.1, 0.15) is 45.0 Å². The summed E-state index contributed by atoms with van der Waals surface area (Å²) in [6, 6.07) is 18.5. The minimum absolute atomic E-state index is 0.0594. The summed E-state index contributed by atoms with van der Waals surface area (Å²) in [7, 11) is 1.66. The number of benzene rings is 2. The van der Waals surface area contributed by atoms with Crippen LogP contribution in [0.5, 0.6) is 5.75 Å². The summed E-state index contributed by atoms with van der Waals surface area (Å²) in [5.41, 5.74) is 5.34. The molecule has 1 aromatic heterocycles. The first-order chi connectivity index (χ1) is 15.1. The van der Waals surface area contributed by atoms with Crippen molar-refractivity contribution in [3.05, 3.63) is 86.6 Å². The van der Waals surface area contributed by atoms with Crippen LogP contribution in [0.15, 0.2) is 54.6 Å². The predicted molar refractivity (Wildman–Crippen MR) is 127 cm³/mol. The van der Waals surface area contributed by atoms with Crippen LogP contribution in [-0.2, 0) is 24.2 Å². The average Bonchev–Trinajstić information content (AvgIpc) is 3.13. The van der Waals surface area contributed by atoms with E-state index in [2.05, 4.69) is 54.4 Å². The number of carbonyl (C=O) groups is 1. The first-order valence-electron chi connectivity index (χ1n) is 10.9.